The standard InChI is InChI=1S/C20H20FN3OS/c1-14(26-17-6-4-3-5-7-17)20(25)23-18(19-22-12-13-24(19)2)15-8-10-16(21)11-9-15/h3-14,18H,1-2H3,(H,23,25)/t14-,18-/m0/s1. The van der Waals surface area contributed by atoms with Gasteiger partial charge >= 0.3 is 0 Å². The van der Waals surface area contributed by atoms with Crippen molar-refractivity contribution in [2.24, 2.45) is 7.05 Å². The van der Waals surface area contributed by atoms with Crippen LogP contribution in [0.15, 0.2) is 71.9 Å². The van der Waals surface area contributed by atoms with Crippen molar-refractivity contribution in [2.75, 3.05) is 0 Å². The van der Waals surface area contributed by atoms with Gasteiger partial charge < -0.3 is 9.88 Å². The number of carbonyl (C=O) groups is 1. The number of halogens is 1. The van der Waals surface area contributed by atoms with Gasteiger partial charge in [-0.3, -0.25) is 4.79 Å². The maximum Gasteiger partial charge on any atom is 0.234 e. The summed E-state index contributed by atoms with van der Waals surface area (Å²) >= 11 is 1.49. The number of aryl methyl sites for hydroxylation is 1. The molecule has 0 aliphatic carbocycles. The Balaban J connectivity index is 1.80. The summed E-state index contributed by atoms with van der Waals surface area (Å²) in [5.74, 6) is 0.282. The molecule has 1 N–H and O–H groups in total. The average molecular weight is 369 g/mol. The predicted molar refractivity (Wildman–Crippen MR) is 101 cm³/mol. The maximum absolute atomic E-state index is 13.3. The first-order valence-corrected chi connectivity index (χ1v) is 9.17. The molecule has 0 fully saturated rings. The lowest BCUT2D eigenvalue weighted by Crippen LogP contribution is -2.36. The number of thioether (sulfide) groups is 1. The van der Waals surface area contributed by atoms with E-state index >= 15 is 0 Å². The van der Waals surface area contributed by atoms with E-state index in [1.165, 1.54) is 23.9 Å². The van der Waals surface area contributed by atoms with Gasteiger partial charge in [-0.1, -0.05) is 30.3 Å². The van der Waals surface area contributed by atoms with Gasteiger partial charge in [0.1, 0.15) is 17.7 Å². The normalized spacial score (nSPS) is 13.2. The fraction of sp³-hybridized carbons (Fsp3) is 0.200. The van der Waals surface area contributed by atoms with Crippen molar-refractivity contribution in [3.05, 3.63) is 84.2 Å². The summed E-state index contributed by atoms with van der Waals surface area (Å²) in [5.41, 5.74) is 0.783. The molecule has 2 atom stereocenters. The molecule has 6 heteroatoms. The van der Waals surface area contributed by atoms with E-state index in [9.17, 15) is 9.18 Å². The molecular weight excluding hydrogens is 349 g/mol. The average Bonchev–Trinajstić information content (AvgIpc) is 3.07. The molecule has 0 bridgehead atoms. The Morgan fingerprint density at radius 3 is 2.46 bits per heavy atom. The lowest BCUT2D eigenvalue weighted by Gasteiger charge is -2.21. The van der Waals surface area contributed by atoms with Crippen LogP contribution < -0.4 is 5.32 Å². The Morgan fingerprint density at radius 1 is 1.15 bits per heavy atom. The molecule has 0 radical (unpaired) electrons. The fourth-order valence-electron chi connectivity index (χ4n) is 2.62. The van der Waals surface area contributed by atoms with E-state index in [0.29, 0.717) is 5.82 Å². The van der Waals surface area contributed by atoms with Crippen molar-refractivity contribution < 1.29 is 9.18 Å². The Morgan fingerprint density at radius 2 is 1.85 bits per heavy atom. The van der Waals surface area contributed by atoms with Crippen LogP contribution >= 0.6 is 11.8 Å². The lowest BCUT2D eigenvalue weighted by molar-refractivity contribution is -0.120. The van der Waals surface area contributed by atoms with Crippen molar-refractivity contribution in [2.45, 2.75) is 23.1 Å². The molecule has 1 heterocycles. The predicted octanol–water partition coefficient (Wildman–Crippen LogP) is 3.95. The van der Waals surface area contributed by atoms with E-state index in [1.54, 1.807) is 18.3 Å². The van der Waals surface area contributed by atoms with Gasteiger partial charge in [0.25, 0.3) is 0 Å². The van der Waals surface area contributed by atoms with Gasteiger partial charge in [-0.05, 0) is 36.8 Å². The summed E-state index contributed by atoms with van der Waals surface area (Å²) in [4.78, 5) is 18.2. The maximum atomic E-state index is 13.3. The van der Waals surface area contributed by atoms with Crippen LogP contribution in [0.4, 0.5) is 4.39 Å². The van der Waals surface area contributed by atoms with Crippen LogP contribution in [-0.2, 0) is 11.8 Å². The molecule has 3 aromatic rings. The van der Waals surface area contributed by atoms with Crippen LogP contribution in [0.2, 0.25) is 0 Å². The van der Waals surface area contributed by atoms with Crippen LogP contribution in [-0.4, -0.2) is 20.7 Å². The summed E-state index contributed by atoms with van der Waals surface area (Å²) in [5, 5.41) is 2.77. The van der Waals surface area contributed by atoms with Crippen molar-refractivity contribution in [3.8, 4) is 0 Å². The minimum Gasteiger partial charge on any atom is -0.341 e. The summed E-state index contributed by atoms with van der Waals surface area (Å²) in [7, 11) is 1.87. The molecule has 0 saturated carbocycles. The first-order valence-electron chi connectivity index (χ1n) is 8.29. The summed E-state index contributed by atoms with van der Waals surface area (Å²) in [6, 6.07) is 15.5. The van der Waals surface area contributed by atoms with Crippen LogP contribution in [0.5, 0.6) is 0 Å². The second-order valence-electron chi connectivity index (χ2n) is 5.96. The number of rotatable bonds is 6. The van der Waals surface area contributed by atoms with Gasteiger partial charge in [-0.15, -0.1) is 11.8 Å². The van der Waals surface area contributed by atoms with Crippen molar-refractivity contribution in [1.82, 2.24) is 14.9 Å². The lowest BCUT2D eigenvalue weighted by atomic mass is 10.1. The molecule has 2 aromatic carbocycles. The third-order valence-electron chi connectivity index (χ3n) is 4.03. The Kier molecular flexibility index (Phi) is 5.73. The second-order valence-corrected chi connectivity index (χ2v) is 7.38. The Hall–Kier alpha value is -2.60. The number of nitrogens with zero attached hydrogens (tertiary/aromatic N) is 2. The summed E-state index contributed by atoms with van der Waals surface area (Å²) < 4.78 is 15.1. The minimum absolute atomic E-state index is 0.101. The van der Waals surface area contributed by atoms with Crippen LogP contribution in [0.3, 0.4) is 0 Å². The van der Waals surface area contributed by atoms with Gasteiger partial charge in [0.2, 0.25) is 5.91 Å². The van der Waals surface area contributed by atoms with E-state index in [1.807, 2.05) is 55.1 Å². The van der Waals surface area contributed by atoms with Crippen molar-refractivity contribution in [3.63, 3.8) is 0 Å². The smallest absolute Gasteiger partial charge is 0.234 e. The molecule has 1 amide bonds. The van der Waals surface area contributed by atoms with E-state index < -0.39 is 6.04 Å². The van der Waals surface area contributed by atoms with E-state index in [0.717, 1.165) is 10.5 Å². The summed E-state index contributed by atoms with van der Waals surface area (Å²) in [6.07, 6.45) is 3.50. The van der Waals surface area contributed by atoms with Gasteiger partial charge in [0, 0.05) is 24.3 Å². The van der Waals surface area contributed by atoms with Crippen LogP contribution in [0, 0.1) is 5.82 Å². The zero-order valence-electron chi connectivity index (χ0n) is 14.6. The number of aromatic nitrogens is 2. The number of nitrogens with one attached hydrogen (secondary N) is 1. The molecule has 0 aliphatic rings. The number of carbonyl (C=O) groups excluding carboxylic acids is 1. The van der Waals surface area contributed by atoms with E-state index in [-0.39, 0.29) is 17.0 Å². The first-order chi connectivity index (χ1) is 12.5. The topological polar surface area (TPSA) is 46.9 Å². The zero-order valence-corrected chi connectivity index (χ0v) is 15.4. The molecule has 26 heavy (non-hydrogen) atoms. The van der Waals surface area contributed by atoms with Crippen LogP contribution in [0.1, 0.15) is 24.4 Å². The van der Waals surface area contributed by atoms with Crippen LogP contribution in [0.25, 0.3) is 0 Å². The van der Waals surface area contributed by atoms with Crippen molar-refractivity contribution >= 4 is 17.7 Å². The van der Waals surface area contributed by atoms with E-state index in [2.05, 4.69) is 10.3 Å². The Bertz CT molecular complexity index is 864. The minimum atomic E-state index is -0.443. The van der Waals surface area contributed by atoms with Crippen molar-refractivity contribution in [1.29, 1.82) is 0 Å². The van der Waals surface area contributed by atoms with Gasteiger partial charge in [-0.2, -0.15) is 0 Å². The zero-order chi connectivity index (χ0) is 18.5. The number of amides is 1. The SMILES string of the molecule is C[C@H](Sc1ccccc1)C(=O)N[C@@H](c1ccc(F)cc1)c1nccn1C. The third-order valence-corrected chi connectivity index (χ3v) is 5.14. The first kappa shape index (κ1) is 18.2. The molecule has 4 nitrogen and oxygen atoms in total. The third kappa shape index (κ3) is 4.32. The Labute approximate surface area is 156 Å². The monoisotopic (exact) mass is 369 g/mol. The quantitative estimate of drug-likeness (QED) is 0.670. The molecule has 0 spiro atoms. The highest BCUT2D eigenvalue weighted by Crippen LogP contribution is 2.25. The van der Waals surface area contributed by atoms with Gasteiger partial charge in [0.15, 0.2) is 0 Å². The van der Waals surface area contributed by atoms with Gasteiger partial charge in [0.05, 0.1) is 5.25 Å². The molecule has 0 unspecified atom stereocenters. The highest BCUT2D eigenvalue weighted by atomic mass is 32.2. The number of hydrogen-bond acceptors (Lipinski definition) is 3. The summed E-state index contributed by atoms with van der Waals surface area (Å²) in [6.45, 7) is 1.87. The largest absolute Gasteiger partial charge is 0.341 e. The number of hydrogen-bond donors (Lipinski definition) is 1. The second kappa shape index (κ2) is 8.19. The highest BCUT2D eigenvalue weighted by Gasteiger charge is 2.24. The molecule has 3 rings (SSSR count). The molecule has 134 valence electrons. The molecule has 0 aliphatic heterocycles. The number of benzene rings is 2. The number of imidazole rings is 1. The van der Waals surface area contributed by atoms with Gasteiger partial charge in [-0.25, -0.2) is 9.37 Å². The molecule has 0 saturated heterocycles. The molecule has 1 aromatic heterocycles. The fourth-order valence-corrected chi connectivity index (χ4v) is 3.52. The highest BCUT2D eigenvalue weighted by molar-refractivity contribution is 8.00. The molecular formula is C20H20FN3OS. The van der Waals surface area contributed by atoms with E-state index in [4.69, 9.17) is 0 Å².